The number of hydrogen-bond donors (Lipinski definition) is 1. The molecule has 0 aromatic heterocycles. The lowest BCUT2D eigenvalue weighted by atomic mass is 10.0. The van der Waals surface area contributed by atoms with Crippen molar-refractivity contribution in [3.05, 3.63) is 29.6 Å². The quantitative estimate of drug-likeness (QED) is 0.414. The van der Waals surface area contributed by atoms with Gasteiger partial charge in [0.15, 0.2) is 5.96 Å². The number of morpholine rings is 1. The number of nitrogens with one attached hydrogen (secondary N) is 1. The third-order valence-electron chi connectivity index (χ3n) is 4.98. The first-order valence-corrected chi connectivity index (χ1v) is 9.24. The molecule has 2 fully saturated rings. The number of piperidine rings is 1. The summed E-state index contributed by atoms with van der Waals surface area (Å²) in [5.74, 6) is 1.43. The number of nitrogens with zero attached hydrogens (tertiary/aromatic N) is 3. The lowest BCUT2D eigenvalue weighted by Crippen LogP contribution is -2.45. The molecule has 1 atom stereocenters. The summed E-state index contributed by atoms with van der Waals surface area (Å²) < 4.78 is 19.8. The molecule has 2 aliphatic heterocycles. The molecule has 146 valence electrons. The smallest absolute Gasteiger partial charge is 0.193 e. The van der Waals surface area contributed by atoms with E-state index in [2.05, 4.69) is 22.1 Å². The predicted molar refractivity (Wildman–Crippen MR) is 115 cm³/mol. The number of anilines is 1. The van der Waals surface area contributed by atoms with E-state index in [4.69, 9.17) is 4.74 Å². The molecule has 0 aliphatic carbocycles. The average molecular weight is 476 g/mol. The molecular weight excluding hydrogens is 446 g/mol. The van der Waals surface area contributed by atoms with E-state index in [0.717, 1.165) is 37.7 Å². The van der Waals surface area contributed by atoms with Crippen LogP contribution in [0.25, 0.3) is 0 Å². The Kier molecular flexibility index (Phi) is 8.40. The average Bonchev–Trinajstić information content (AvgIpc) is 2.63. The molecule has 0 radical (unpaired) electrons. The summed E-state index contributed by atoms with van der Waals surface area (Å²) in [5.41, 5.74) is 1.60. The Morgan fingerprint density at radius 2 is 2.08 bits per heavy atom. The van der Waals surface area contributed by atoms with Gasteiger partial charge in [-0.15, -0.1) is 24.0 Å². The van der Waals surface area contributed by atoms with E-state index in [1.165, 1.54) is 12.8 Å². The van der Waals surface area contributed by atoms with E-state index in [1.807, 2.05) is 24.1 Å². The molecule has 2 saturated heterocycles. The SMILES string of the molecule is CN=C(NCc1ccc(N2CCOCC2)c(F)c1)N1CCCC(C)C1.I. The Hall–Kier alpha value is -1.09. The molecule has 26 heavy (non-hydrogen) atoms. The largest absolute Gasteiger partial charge is 0.378 e. The third-order valence-corrected chi connectivity index (χ3v) is 4.98. The van der Waals surface area contributed by atoms with Crippen LogP contribution < -0.4 is 10.2 Å². The zero-order chi connectivity index (χ0) is 17.6. The summed E-state index contributed by atoms with van der Waals surface area (Å²) in [7, 11) is 1.81. The minimum absolute atomic E-state index is 0. The summed E-state index contributed by atoms with van der Waals surface area (Å²) in [4.78, 5) is 8.73. The maximum Gasteiger partial charge on any atom is 0.193 e. The Morgan fingerprint density at radius 3 is 2.73 bits per heavy atom. The number of benzene rings is 1. The topological polar surface area (TPSA) is 40.1 Å². The van der Waals surface area contributed by atoms with Gasteiger partial charge in [0.1, 0.15) is 5.82 Å². The molecule has 5 nitrogen and oxygen atoms in total. The van der Waals surface area contributed by atoms with Crippen LogP contribution in [0.4, 0.5) is 10.1 Å². The number of aliphatic imine (C=N–C) groups is 1. The van der Waals surface area contributed by atoms with Crippen LogP contribution in [0.15, 0.2) is 23.2 Å². The first-order valence-electron chi connectivity index (χ1n) is 9.24. The molecule has 0 bridgehead atoms. The zero-order valence-corrected chi connectivity index (χ0v) is 18.0. The Bertz CT molecular complexity index is 607. The molecule has 1 N–H and O–H groups in total. The third kappa shape index (κ3) is 5.45. The Morgan fingerprint density at radius 1 is 1.31 bits per heavy atom. The van der Waals surface area contributed by atoms with E-state index in [1.54, 1.807) is 6.07 Å². The summed E-state index contributed by atoms with van der Waals surface area (Å²) in [6.07, 6.45) is 2.48. The summed E-state index contributed by atoms with van der Waals surface area (Å²) >= 11 is 0. The van der Waals surface area contributed by atoms with Crippen LogP contribution in [-0.4, -0.2) is 57.3 Å². The highest BCUT2D eigenvalue weighted by atomic mass is 127. The van der Waals surface area contributed by atoms with Gasteiger partial charge in [-0.3, -0.25) is 4.99 Å². The maximum atomic E-state index is 14.5. The van der Waals surface area contributed by atoms with Crippen LogP contribution in [0.5, 0.6) is 0 Å². The van der Waals surface area contributed by atoms with Gasteiger partial charge >= 0.3 is 0 Å². The molecular formula is C19H30FIN4O. The molecule has 0 saturated carbocycles. The maximum absolute atomic E-state index is 14.5. The van der Waals surface area contributed by atoms with Gasteiger partial charge in [0.2, 0.25) is 0 Å². The van der Waals surface area contributed by atoms with Gasteiger partial charge in [-0.2, -0.15) is 0 Å². The van der Waals surface area contributed by atoms with E-state index >= 15 is 0 Å². The molecule has 1 aromatic carbocycles. The highest BCUT2D eigenvalue weighted by Gasteiger charge is 2.19. The van der Waals surface area contributed by atoms with E-state index in [-0.39, 0.29) is 29.8 Å². The van der Waals surface area contributed by atoms with Crippen LogP contribution in [0.1, 0.15) is 25.3 Å². The minimum Gasteiger partial charge on any atom is -0.378 e. The molecule has 7 heteroatoms. The fourth-order valence-corrected chi connectivity index (χ4v) is 3.62. The highest BCUT2D eigenvalue weighted by Crippen LogP contribution is 2.22. The Balaban J connectivity index is 0.00000243. The van der Waals surface area contributed by atoms with Gasteiger partial charge in [-0.1, -0.05) is 13.0 Å². The summed E-state index contributed by atoms with van der Waals surface area (Å²) in [6.45, 7) is 7.73. The lowest BCUT2D eigenvalue weighted by Gasteiger charge is -2.33. The normalized spacial score (nSPS) is 21.3. The van der Waals surface area contributed by atoms with Crippen molar-refractivity contribution in [2.24, 2.45) is 10.9 Å². The summed E-state index contributed by atoms with van der Waals surface area (Å²) in [6, 6.07) is 5.50. The van der Waals surface area contributed by atoms with Gasteiger partial charge in [0.25, 0.3) is 0 Å². The first kappa shape index (κ1) is 21.2. The van der Waals surface area contributed by atoms with Gasteiger partial charge < -0.3 is 19.9 Å². The van der Waals surface area contributed by atoms with Gasteiger partial charge in [0.05, 0.1) is 18.9 Å². The van der Waals surface area contributed by atoms with Crippen molar-refractivity contribution in [1.29, 1.82) is 0 Å². The molecule has 1 aromatic rings. The van der Waals surface area contributed by atoms with E-state index in [9.17, 15) is 4.39 Å². The van der Waals surface area contributed by atoms with Crippen molar-refractivity contribution in [2.75, 3.05) is 51.3 Å². The van der Waals surface area contributed by atoms with Crippen LogP contribution in [0.3, 0.4) is 0 Å². The van der Waals surface area contributed by atoms with Crippen molar-refractivity contribution < 1.29 is 9.13 Å². The van der Waals surface area contributed by atoms with Crippen molar-refractivity contribution in [2.45, 2.75) is 26.3 Å². The van der Waals surface area contributed by atoms with Crippen molar-refractivity contribution in [3.8, 4) is 0 Å². The monoisotopic (exact) mass is 476 g/mol. The van der Waals surface area contributed by atoms with Gasteiger partial charge in [-0.05, 0) is 36.5 Å². The lowest BCUT2D eigenvalue weighted by molar-refractivity contribution is 0.122. The van der Waals surface area contributed by atoms with E-state index in [0.29, 0.717) is 31.4 Å². The van der Waals surface area contributed by atoms with Crippen molar-refractivity contribution in [3.63, 3.8) is 0 Å². The number of guanidine groups is 1. The molecule has 0 amide bonds. The first-order chi connectivity index (χ1) is 12.2. The molecule has 0 spiro atoms. The summed E-state index contributed by atoms with van der Waals surface area (Å²) in [5, 5.41) is 3.38. The zero-order valence-electron chi connectivity index (χ0n) is 15.7. The second-order valence-electron chi connectivity index (χ2n) is 6.98. The predicted octanol–water partition coefficient (Wildman–Crippen LogP) is 3.09. The minimum atomic E-state index is -0.164. The second-order valence-corrected chi connectivity index (χ2v) is 6.98. The van der Waals surface area contributed by atoms with Gasteiger partial charge in [-0.25, -0.2) is 4.39 Å². The Labute approximate surface area is 173 Å². The number of rotatable bonds is 3. The van der Waals surface area contributed by atoms with Crippen LogP contribution >= 0.6 is 24.0 Å². The van der Waals surface area contributed by atoms with Crippen molar-refractivity contribution >= 4 is 35.6 Å². The van der Waals surface area contributed by atoms with Gasteiger partial charge in [0, 0.05) is 39.8 Å². The number of ether oxygens (including phenoxy) is 1. The second kappa shape index (κ2) is 10.3. The van der Waals surface area contributed by atoms with Crippen molar-refractivity contribution in [1.82, 2.24) is 10.2 Å². The molecule has 3 rings (SSSR count). The number of hydrogen-bond acceptors (Lipinski definition) is 3. The van der Waals surface area contributed by atoms with Crippen LogP contribution in [0, 0.1) is 11.7 Å². The van der Waals surface area contributed by atoms with Crippen LogP contribution in [0.2, 0.25) is 0 Å². The highest BCUT2D eigenvalue weighted by molar-refractivity contribution is 14.0. The van der Waals surface area contributed by atoms with Crippen LogP contribution in [-0.2, 0) is 11.3 Å². The molecule has 1 unspecified atom stereocenters. The number of halogens is 2. The van der Waals surface area contributed by atoms with E-state index < -0.39 is 0 Å². The fourth-order valence-electron chi connectivity index (χ4n) is 3.62. The molecule has 2 aliphatic rings. The molecule has 2 heterocycles. The number of likely N-dealkylation sites (tertiary alicyclic amines) is 1. The fraction of sp³-hybridized carbons (Fsp3) is 0.632. The standard InChI is InChI=1S/C19H29FN4O.HI/c1-15-4-3-7-24(14-15)19(21-2)22-13-16-5-6-18(17(20)12-16)23-8-10-25-11-9-23;/h5-6,12,15H,3-4,7-11,13-14H2,1-2H3,(H,21,22);1H.